The zero-order valence-electron chi connectivity index (χ0n) is 17.2. The molecule has 0 radical (unpaired) electrons. The monoisotopic (exact) mass is 394 g/mol. The second-order valence-corrected chi connectivity index (χ2v) is 7.67. The molecule has 5 nitrogen and oxygen atoms in total. The van der Waals surface area contributed by atoms with Crippen LogP contribution in [0, 0.1) is 6.92 Å². The first-order valence-electron chi connectivity index (χ1n) is 10.5. The molecule has 3 rings (SSSR count). The Morgan fingerprint density at radius 1 is 1.07 bits per heavy atom. The minimum absolute atomic E-state index is 0.138. The maximum Gasteiger partial charge on any atom is 0.265 e. The Morgan fingerprint density at radius 2 is 1.83 bits per heavy atom. The molecule has 1 saturated carbocycles. The maximum atomic E-state index is 12.8. The Morgan fingerprint density at radius 3 is 2.55 bits per heavy atom. The summed E-state index contributed by atoms with van der Waals surface area (Å²) in [6, 6.07) is 15.0. The molecule has 0 spiro atoms. The molecule has 1 atom stereocenters. The van der Waals surface area contributed by atoms with Crippen molar-refractivity contribution >= 4 is 17.5 Å². The summed E-state index contributed by atoms with van der Waals surface area (Å²) in [6.07, 6.45) is 5.46. The molecule has 0 saturated heterocycles. The number of rotatable bonds is 7. The van der Waals surface area contributed by atoms with E-state index in [0.29, 0.717) is 23.4 Å². The standard InChI is InChI=1S/C24H30N2O3/c1-3-22(29-19-13-9-10-17(2)16-19)24(28)26-21-15-8-7-14-20(21)23(27)25-18-11-5-4-6-12-18/h7-10,13-16,18,22H,3-6,11-12H2,1-2H3,(H,25,27)(H,26,28)/t22-/m0/s1. The largest absolute Gasteiger partial charge is 0.481 e. The van der Waals surface area contributed by atoms with Crippen molar-refractivity contribution in [2.24, 2.45) is 0 Å². The molecule has 0 aromatic heterocycles. The van der Waals surface area contributed by atoms with Crippen molar-refractivity contribution in [3.05, 3.63) is 59.7 Å². The van der Waals surface area contributed by atoms with Crippen LogP contribution in [-0.4, -0.2) is 24.0 Å². The van der Waals surface area contributed by atoms with E-state index in [4.69, 9.17) is 4.74 Å². The average Bonchev–Trinajstić information content (AvgIpc) is 2.73. The molecule has 1 fully saturated rings. The summed E-state index contributed by atoms with van der Waals surface area (Å²) in [5, 5.41) is 6.01. The van der Waals surface area contributed by atoms with Crippen LogP contribution in [0.2, 0.25) is 0 Å². The van der Waals surface area contributed by atoms with Crippen LogP contribution in [0.4, 0.5) is 5.69 Å². The van der Waals surface area contributed by atoms with Crippen LogP contribution in [0.5, 0.6) is 5.75 Å². The normalized spacial score (nSPS) is 15.4. The Hall–Kier alpha value is -2.82. The second-order valence-electron chi connectivity index (χ2n) is 7.67. The first-order valence-corrected chi connectivity index (χ1v) is 10.5. The van der Waals surface area contributed by atoms with Crippen molar-refractivity contribution in [3.8, 4) is 5.75 Å². The highest BCUT2D eigenvalue weighted by Crippen LogP contribution is 2.21. The number of carbonyl (C=O) groups excluding carboxylic acids is 2. The quantitative estimate of drug-likeness (QED) is 0.705. The molecule has 154 valence electrons. The lowest BCUT2D eigenvalue weighted by Crippen LogP contribution is -2.37. The van der Waals surface area contributed by atoms with Crippen LogP contribution in [0.15, 0.2) is 48.5 Å². The van der Waals surface area contributed by atoms with Crippen LogP contribution in [0.3, 0.4) is 0 Å². The van der Waals surface area contributed by atoms with Gasteiger partial charge in [-0.2, -0.15) is 0 Å². The minimum Gasteiger partial charge on any atom is -0.481 e. The smallest absolute Gasteiger partial charge is 0.265 e. The molecule has 1 aliphatic carbocycles. The molecule has 2 aromatic rings. The number of ether oxygens (including phenoxy) is 1. The lowest BCUT2D eigenvalue weighted by atomic mass is 9.95. The molecular formula is C24H30N2O3. The van der Waals surface area contributed by atoms with Crippen LogP contribution in [0.25, 0.3) is 0 Å². The van der Waals surface area contributed by atoms with Crippen molar-refractivity contribution in [1.29, 1.82) is 0 Å². The van der Waals surface area contributed by atoms with Crippen molar-refractivity contribution in [2.75, 3.05) is 5.32 Å². The van der Waals surface area contributed by atoms with Crippen LogP contribution in [-0.2, 0) is 4.79 Å². The number of anilines is 1. The van der Waals surface area contributed by atoms with Gasteiger partial charge in [-0.25, -0.2) is 0 Å². The fourth-order valence-electron chi connectivity index (χ4n) is 3.69. The number of nitrogens with one attached hydrogen (secondary N) is 2. The van der Waals surface area contributed by atoms with Gasteiger partial charge in [-0.15, -0.1) is 0 Å². The van der Waals surface area contributed by atoms with Gasteiger partial charge in [-0.05, 0) is 56.0 Å². The van der Waals surface area contributed by atoms with Gasteiger partial charge in [0.25, 0.3) is 11.8 Å². The zero-order chi connectivity index (χ0) is 20.6. The van der Waals surface area contributed by atoms with E-state index < -0.39 is 6.10 Å². The fraction of sp³-hybridized carbons (Fsp3) is 0.417. The third kappa shape index (κ3) is 5.83. The molecule has 0 aliphatic heterocycles. The molecule has 1 aliphatic rings. The molecule has 5 heteroatoms. The lowest BCUT2D eigenvalue weighted by molar-refractivity contribution is -0.122. The second kappa shape index (κ2) is 10.1. The summed E-state index contributed by atoms with van der Waals surface area (Å²) in [6.45, 7) is 3.89. The molecule has 0 heterocycles. The van der Waals surface area contributed by atoms with Gasteiger partial charge >= 0.3 is 0 Å². The summed E-state index contributed by atoms with van der Waals surface area (Å²) in [5.41, 5.74) is 2.07. The van der Waals surface area contributed by atoms with E-state index in [1.807, 2.05) is 50.2 Å². The predicted octanol–water partition coefficient (Wildman–Crippen LogP) is 4.85. The predicted molar refractivity (Wildman–Crippen MR) is 115 cm³/mol. The molecule has 2 amide bonds. The third-order valence-electron chi connectivity index (χ3n) is 5.30. The van der Waals surface area contributed by atoms with Crippen LogP contribution >= 0.6 is 0 Å². The molecule has 29 heavy (non-hydrogen) atoms. The summed E-state index contributed by atoms with van der Waals surface area (Å²) in [4.78, 5) is 25.6. The van der Waals surface area contributed by atoms with E-state index in [1.54, 1.807) is 12.1 Å². The van der Waals surface area contributed by atoms with Gasteiger partial charge in [0.2, 0.25) is 0 Å². The number of amides is 2. The third-order valence-corrected chi connectivity index (χ3v) is 5.30. The van der Waals surface area contributed by atoms with E-state index >= 15 is 0 Å². The van der Waals surface area contributed by atoms with E-state index in [0.717, 1.165) is 31.2 Å². The van der Waals surface area contributed by atoms with E-state index in [2.05, 4.69) is 10.6 Å². The number of hydrogen-bond donors (Lipinski definition) is 2. The lowest BCUT2D eigenvalue weighted by Gasteiger charge is -2.23. The number of aryl methyl sites for hydroxylation is 1. The highest BCUT2D eigenvalue weighted by molar-refractivity contribution is 6.04. The molecule has 0 bridgehead atoms. The van der Waals surface area contributed by atoms with Crippen molar-refractivity contribution in [3.63, 3.8) is 0 Å². The molecular weight excluding hydrogens is 364 g/mol. The van der Waals surface area contributed by atoms with Gasteiger partial charge in [0.05, 0.1) is 11.3 Å². The Labute approximate surface area is 172 Å². The summed E-state index contributed by atoms with van der Waals surface area (Å²) >= 11 is 0. The number of carbonyl (C=O) groups is 2. The molecule has 2 N–H and O–H groups in total. The highest BCUT2D eigenvalue weighted by atomic mass is 16.5. The Kier molecular flexibility index (Phi) is 7.28. The highest BCUT2D eigenvalue weighted by Gasteiger charge is 2.22. The summed E-state index contributed by atoms with van der Waals surface area (Å²) in [5.74, 6) is 0.266. The minimum atomic E-state index is -0.633. The van der Waals surface area contributed by atoms with Gasteiger partial charge in [0.1, 0.15) is 5.75 Å². The number of hydrogen-bond acceptors (Lipinski definition) is 3. The first kappa shape index (κ1) is 20.9. The maximum absolute atomic E-state index is 12.8. The van der Waals surface area contributed by atoms with Gasteiger partial charge < -0.3 is 15.4 Å². The van der Waals surface area contributed by atoms with Gasteiger partial charge in [-0.1, -0.05) is 50.5 Å². The number of benzene rings is 2. The van der Waals surface area contributed by atoms with Crippen LogP contribution < -0.4 is 15.4 Å². The van der Waals surface area contributed by atoms with Crippen molar-refractivity contribution in [1.82, 2.24) is 5.32 Å². The van der Waals surface area contributed by atoms with Crippen molar-refractivity contribution in [2.45, 2.75) is 64.5 Å². The molecule has 2 aromatic carbocycles. The van der Waals surface area contributed by atoms with Crippen LogP contribution in [0.1, 0.15) is 61.4 Å². The summed E-state index contributed by atoms with van der Waals surface area (Å²) < 4.78 is 5.89. The Bertz CT molecular complexity index is 844. The topological polar surface area (TPSA) is 67.4 Å². The average molecular weight is 395 g/mol. The van der Waals surface area contributed by atoms with Crippen molar-refractivity contribution < 1.29 is 14.3 Å². The zero-order valence-corrected chi connectivity index (χ0v) is 17.2. The van der Waals surface area contributed by atoms with Gasteiger partial charge in [0, 0.05) is 6.04 Å². The fourth-order valence-corrected chi connectivity index (χ4v) is 3.69. The SMILES string of the molecule is CC[C@H](Oc1cccc(C)c1)C(=O)Nc1ccccc1C(=O)NC1CCCCC1. The summed E-state index contributed by atoms with van der Waals surface area (Å²) in [7, 11) is 0. The van der Waals surface area contributed by atoms with E-state index in [1.165, 1.54) is 6.42 Å². The van der Waals surface area contributed by atoms with E-state index in [-0.39, 0.29) is 17.9 Å². The Balaban J connectivity index is 1.68. The van der Waals surface area contributed by atoms with Gasteiger partial charge in [-0.3, -0.25) is 9.59 Å². The molecule has 0 unspecified atom stereocenters. The van der Waals surface area contributed by atoms with Gasteiger partial charge in [0.15, 0.2) is 6.10 Å². The van der Waals surface area contributed by atoms with E-state index in [9.17, 15) is 9.59 Å². The number of para-hydroxylation sites is 1. The first-order chi connectivity index (χ1) is 14.1.